The van der Waals surface area contributed by atoms with Crippen LogP contribution in [-0.4, -0.2) is 74.6 Å². The summed E-state index contributed by atoms with van der Waals surface area (Å²) in [6.45, 7) is 0. The van der Waals surface area contributed by atoms with Gasteiger partial charge >= 0.3 is 59.1 Å². The molecule has 24 heavy (non-hydrogen) atoms. The van der Waals surface area contributed by atoms with E-state index >= 15 is 0 Å². The van der Waals surface area contributed by atoms with Crippen LogP contribution in [0.2, 0.25) is 0 Å². The van der Waals surface area contributed by atoms with Crippen molar-refractivity contribution in [2.75, 3.05) is 0 Å². The van der Waals surface area contributed by atoms with Crippen molar-refractivity contribution in [3.63, 3.8) is 0 Å². The quantitative estimate of drug-likeness (QED) is 0.194. The van der Waals surface area contributed by atoms with Gasteiger partial charge in [-0.15, -0.1) is 12.6 Å². The van der Waals surface area contributed by atoms with Gasteiger partial charge in [-0.2, -0.15) is 0 Å². The van der Waals surface area contributed by atoms with Gasteiger partial charge in [0.05, 0.1) is 0 Å². The van der Waals surface area contributed by atoms with Crippen LogP contribution in [-0.2, 0) is 0 Å². The van der Waals surface area contributed by atoms with Crippen molar-refractivity contribution in [1.29, 1.82) is 0 Å². The first kappa shape index (κ1) is 21.6. The normalized spacial score (nSPS) is 9.62. The molecule has 0 aromatic heterocycles. The summed E-state index contributed by atoms with van der Waals surface area (Å²) < 4.78 is 0. The van der Waals surface area contributed by atoms with Crippen LogP contribution in [0.3, 0.4) is 0 Å². The number of thiol groups is 1. The number of fused-ring (bicyclic) bond motifs is 4. The Morgan fingerprint density at radius 1 is 0.708 bits per heavy atom. The van der Waals surface area contributed by atoms with Crippen LogP contribution in [0.1, 0.15) is 0 Å². The molecular weight excluding hydrogens is 346 g/mol. The number of rotatable bonds is 0. The third-order valence-corrected chi connectivity index (χ3v) is 4.08. The predicted octanol–water partition coefficient (Wildman–Crippen LogP) is 2.20. The summed E-state index contributed by atoms with van der Waals surface area (Å²) in [7, 11) is -0.750. The van der Waals surface area contributed by atoms with Gasteiger partial charge in [-0.3, -0.25) is 0 Å². The first-order valence-corrected chi connectivity index (χ1v) is 7.44. The van der Waals surface area contributed by atoms with Crippen LogP contribution < -0.4 is 0 Å². The van der Waals surface area contributed by atoms with Crippen molar-refractivity contribution in [2.24, 2.45) is 0 Å². The van der Waals surface area contributed by atoms with Crippen molar-refractivity contribution in [3.8, 4) is 0 Å². The van der Waals surface area contributed by atoms with Gasteiger partial charge < -0.3 is 15.5 Å². The summed E-state index contributed by atoms with van der Waals surface area (Å²) in [4.78, 5) is 1.04. The third kappa shape index (κ3) is 4.40. The molecule has 0 atom stereocenters. The molecule has 4 N–H and O–H groups in total. The van der Waals surface area contributed by atoms with Crippen LogP contribution in [0.15, 0.2) is 71.6 Å². The summed E-state index contributed by atoms with van der Waals surface area (Å²) >= 11 is 4.62. The van der Waals surface area contributed by atoms with Crippen molar-refractivity contribution in [1.82, 2.24) is 0 Å². The standard InChI is InChI=1S/C18H12S.BH3O2.K.H2O.H/c19-17-7-3-6-12-8-9-15-10-13-4-1-2-5-14(13)11-16(15)18(12)17;2-1-3;;;/h1-11,19H;1-3H;;1H2;. The van der Waals surface area contributed by atoms with Gasteiger partial charge in [0.1, 0.15) is 0 Å². The molecule has 4 aromatic carbocycles. The molecule has 0 spiro atoms. The topological polar surface area (TPSA) is 72.0 Å². The molecule has 0 heterocycles. The number of benzene rings is 4. The first-order chi connectivity index (χ1) is 10.7. The zero-order valence-electron chi connectivity index (χ0n) is 12.4. The number of hydrogen-bond donors (Lipinski definition) is 3. The van der Waals surface area contributed by atoms with Crippen molar-refractivity contribution >= 4 is 104 Å². The third-order valence-electron chi connectivity index (χ3n) is 3.70. The Labute approximate surface area is 189 Å². The minimum absolute atomic E-state index is 0. The molecule has 0 radical (unpaired) electrons. The monoisotopic (exact) mass is 364 g/mol. The van der Waals surface area contributed by atoms with E-state index in [9.17, 15) is 0 Å². The van der Waals surface area contributed by atoms with Gasteiger partial charge in [-0.05, 0) is 45.1 Å². The van der Waals surface area contributed by atoms with E-state index in [1.807, 2.05) is 0 Å². The molecular formula is C18H18BKO3S. The summed E-state index contributed by atoms with van der Waals surface area (Å²) in [5, 5.41) is 21.9. The van der Waals surface area contributed by atoms with Crippen LogP contribution in [0.5, 0.6) is 0 Å². The second-order valence-electron chi connectivity index (χ2n) is 5.00. The van der Waals surface area contributed by atoms with E-state index in [0.29, 0.717) is 0 Å². The average molecular weight is 364 g/mol. The molecule has 0 bridgehead atoms. The summed E-state index contributed by atoms with van der Waals surface area (Å²) in [6, 6.07) is 23.6. The molecule has 0 amide bonds. The van der Waals surface area contributed by atoms with E-state index in [1.54, 1.807) is 0 Å². The molecule has 0 unspecified atom stereocenters. The zero-order chi connectivity index (χ0) is 15.5. The fourth-order valence-electron chi connectivity index (χ4n) is 2.78. The Morgan fingerprint density at radius 3 is 1.92 bits per heavy atom. The molecule has 4 rings (SSSR count). The molecule has 0 saturated carbocycles. The Hall–Kier alpha value is -0.409. The summed E-state index contributed by atoms with van der Waals surface area (Å²) in [5.74, 6) is 0. The minimum atomic E-state index is -0.750. The Bertz CT molecular complexity index is 962. The van der Waals surface area contributed by atoms with E-state index in [2.05, 4.69) is 79.4 Å². The van der Waals surface area contributed by atoms with E-state index < -0.39 is 7.69 Å². The average Bonchev–Trinajstić information content (AvgIpc) is 2.53. The van der Waals surface area contributed by atoms with Gasteiger partial charge in [0.25, 0.3) is 0 Å². The van der Waals surface area contributed by atoms with Crippen LogP contribution >= 0.6 is 12.6 Å². The summed E-state index contributed by atoms with van der Waals surface area (Å²) in [5.41, 5.74) is 0. The van der Waals surface area contributed by atoms with E-state index in [-0.39, 0.29) is 56.9 Å². The molecule has 3 nitrogen and oxygen atoms in total. The van der Waals surface area contributed by atoms with Gasteiger partial charge in [-0.1, -0.05) is 48.5 Å². The Balaban J connectivity index is 0.000000539. The fourth-order valence-corrected chi connectivity index (χ4v) is 3.12. The summed E-state index contributed by atoms with van der Waals surface area (Å²) in [6.07, 6.45) is 0. The second-order valence-corrected chi connectivity index (χ2v) is 5.48. The predicted molar refractivity (Wildman–Crippen MR) is 109 cm³/mol. The van der Waals surface area contributed by atoms with Gasteiger partial charge in [0, 0.05) is 10.3 Å². The molecule has 0 saturated heterocycles. The van der Waals surface area contributed by atoms with Gasteiger partial charge in [0.2, 0.25) is 0 Å². The van der Waals surface area contributed by atoms with Crippen LogP contribution in [0.4, 0.5) is 0 Å². The van der Waals surface area contributed by atoms with E-state index in [1.165, 1.54) is 32.3 Å². The molecule has 0 aliphatic carbocycles. The van der Waals surface area contributed by atoms with E-state index in [0.717, 1.165) is 4.90 Å². The van der Waals surface area contributed by atoms with Crippen LogP contribution in [0, 0.1) is 0 Å². The Morgan fingerprint density at radius 2 is 1.25 bits per heavy atom. The fraction of sp³-hybridized carbons (Fsp3) is 0. The van der Waals surface area contributed by atoms with Crippen LogP contribution in [0.25, 0.3) is 32.3 Å². The van der Waals surface area contributed by atoms with Crippen molar-refractivity contribution < 1.29 is 15.5 Å². The molecule has 4 aromatic rings. The maximum atomic E-state index is 7.12. The molecule has 0 fully saturated rings. The first-order valence-electron chi connectivity index (χ1n) is 6.99. The van der Waals surface area contributed by atoms with Gasteiger partial charge in [0.15, 0.2) is 0 Å². The Kier molecular flexibility index (Phi) is 8.94. The van der Waals surface area contributed by atoms with Crippen molar-refractivity contribution in [2.45, 2.75) is 4.90 Å². The molecule has 6 heteroatoms. The van der Waals surface area contributed by atoms with E-state index in [4.69, 9.17) is 10.0 Å². The maximum absolute atomic E-state index is 7.12. The molecule has 0 aliphatic rings. The zero-order valence-corrected chi connectivity index (χ0v) is 13.3. The van der Waals surface area contributed by atoms with Crippen molar-refractivity contribution in [3.05, 3.63) is 66.7 Å². The molecule has 0 aliphatic heterocycles. The molecule has 118 valence electrons. The number of hydrogen-bond acceptors (Lipinski definition) is 3. The van der Waals surface area contributed by atoms with Gasteiger partial charge in [-0.25, -0.2) is 0 Å². The second kappa shape index (κ2) is 9.92. The SMILES string of the molecule is O.OBO.Sc1cccc2ccc3cc4ccccc4cc3c12.[KH].